The van der Waals surface area contributed by atoms with Gasteiger partial charge in [0.15, 0.2) is 0 Å². The van der Waals surface area contributed by atoms with Crippen LogP contribution in [0, 0.1) is 13.8 Å². The highest BCUT2D eigenvalue weighted by Crippen LogP contribution is 2.33. The lowest BCUT2D eigenvalue weighted by molar-refractivity contribution is 0.333. The van der Waals surface area contributed by atoms with Crippen LogP contribution in [0.5, 0.6) is 11.5 Å². The van der Waals surface area contributed by atoms with E-state index in [1.54, 1.807) is 6.07 Å². The van der Waals surface area contributed by atoms with E-state index in [2.05, 4.69) is 6.92 Å². The summed E-state index contributed by atoms with van der Waals surface area (Å²) in [5, 5.41) is 9.65. The Balaban J connectivity index is 3.31. The third kappa shape index (κ3) is 1.84. The molecule has 0 aliphatic heterocycles. The number of aryl methyl sites for hydroxylation is 1. The Bertz CT molecular complexity index is 330. The van der Waals surface area contributed by atoms with E-state index in [4.69, 9.17) is 4.74 Å². The molecule has 1 aromatic carbocycles. The summed E-state index contributed by atoms with van der Waals surface area (Å²) in [5.74, 6) is 1.30. The maximum atomic E-state index is 9.65. The molecule has 0 unspecified atom stereocenters. The Kier molecular flexibility index (Phi) is 3.39. The molecule has 0 saturated heterocycles. The second-order valence-electron chi connectivity index (χ2n) is 3.43. The fourth-order valence-corrected chi connectivity index (χ4v) is 1.71. The van der Waals surface area contributed by atoms with Crippen LogP contribution in [0.1, 0.15) is 30.5 Å². The minimum absolute atomic E-state index is 0.364. The van der Waals surface area contributed by atoms with Crippen LogP contribution in [0.25, 0.3) is 0 Å². The van der Waals surface area contributed by atoms with Crippen molar-refractivity contribution >= 4 is 0 Å². The minimum atomic E-state index is 0.364. The molecule has 1 rings (SSSR count). The highest BCUT2D eigenvalue weighted by Gasteiger charge is 2.12. The molecule has 0 radical (unpaired) electrons. The van der Waals surface area contributed by atoms with Gasteiger partial charge in [-0.1, -0.05) is 6.92 Å². The minimum Gasteiger partial charge on any atom is -0.508 e. The van der Waals surface area contributed by atoms with E-state index >= 15 is 0 Å². The number of rotatable bonds is 3. The average Bonchev–Trinajstić information content (AvgIpc) is 2.15. The molecule has 0 amide bonds. The number of hydrogen-bond donors (Lipinski definition) is 1. The third-order valence-electron chi connectivity index (χ3n) is 2.46. The summed E-state index contributed by atoms with van der Waals surface area (Å²) < 4.78 is 5.58. The fraction of sp³-hybridized carbons (Fsp3) is 0.500. The van der Waals surface area contributed by atoms with E-state index in [0.29, 0.717) is 12.4 Å². The summed E-state index contributed by atoms with van der Waals surface area (Å²) >= 11 is 0. The lowest BCUT2D eigenvalue weighted by atomic mass is 10.0. The molecular formula is C12H18O2. The molecule has 0 aromatic heterocycles. The van der Waals surface area contributed by atoms with Crippen LogP contribution in [0.15, 0.2) is 6.07 Å². The summed E-state index contributed by atoms with van der Waals surface area (Å²) in [7, 11) is 0. The number of phenolic OH excluding ortho intramolecular Hbond substituents is 1. The van der Waals surface area contributed by atoms with Crippen LogP contribution in [0.3, 0.4) is 0 Å². The predicted octanol–water partition coefficient (Wildman–Crippen LogP) is 2.97. The molecule has 2 heteroatoms. The number of benzene rings is 1. The molecule has 14 heavy (non-hydrogen) atoms. The van der Waals surface area contributed by atoms with E-state index in [1.165, 1.54) is 0 Å². The number of phenols is 1. The lowest BCUT2D eigenvalue weighted by Crippen LogP contribution is -2.00. The van der Waals surface area contributed by atoms with Gasteiger partial charge in [0, 0.05) is 5.56 Å². The molecule has 0 saturated carbocycles. The standard InChI is InChI=1S/C12H18O2/c1-5-10-9(4)11(13)7-8(3)12(10)14-6-2/h7,13H,5-6H2,1-4H3. The highest BCUT2D eigenvalue weighted by molar-refractivity contribution is 5.52. The van der Waals surface area contributed by atoms with E-state index in [-0.39, 0.29) is 0 Å². The number of ether oxygens (including phenoxy) is 1. The van der Waals surface area contributed by atoms with Crippen LogP contribution >= 0.6 is 0 Å². The van der Waals surface area contributed by atoms with Crippen LogP contribution in [-0.2, 0) is 6.42 Å². The average molecular weight is 194 g/mol. The Morgan fingerprint density at radius 2 is 1.93 bits per heavy atom. The summed E-state index contributed by atoms with van der Waals surface area (Å²) in [6, 6.07) is 1.76. The van der Waals surface area contributed by atoms with Gasteiger partial charge in [0.1, 0.15) is 11.5 Å². The maximum absolute atomic E-state index is 9.65. The van der Waals surface area contributed by atoms with Gasteiger partial charge in [0.2, 0.25) is 0 Å². The van der Waals surface area contributed by atoms with Crippen LogP contribution in [0.2, 0.25) is 0 Å². The van der Waals surface area contributed by atoms with Crippen molar-refractivity contribution in [2.45, 2.75) is 34.1 Å². The maximum Gasteiger partial charge on any atom is 0.125 e. The molecule has 0 atom stereocenters. The quantitative estimate of drug-likeness (QED) is 0.801. The van der Waals surface area contributed by atoms with Crippen LogP contribution in [0.4, 0.5) is 0 Å². The second-order valence-corrected chi connectivity index (χ2v) is 3.43. The Hall–Kier alpha value is -1.18. The van der Waals surface area contributed by atoms with Gasteiger partial charge in [-0.15, -0.1) is 0 Å². The summed E-state index contributed by atoms with van der Waals surface area (Å²) in [6.45, 7) is 8.60. The van der Waals surface area contributed by atoms with Crippen molar-refractivity contribution in [3.8, 4) is 11.5 Å². The second kappa shape index (κ2) is 4.36. The lowest BCUT2D eigenvalue weighted by Gasteiger charge is -2.15. The normalized spacial score (nSPS) is 10.3. The Morgan fingerprint density at radius 1 is 1.29 bits per heavy atom. The zero-order valence-electron chi connectivity index (χ0n) is 9.35. The molecule has 0 bridgehead atoms. The molecule has 0 spiro atoms. The smallest absolute Gasteiger partial charge is 0.125 e. The molecule has 2 nitrogen and oxygen atoms in total. The van der Waals surface area contributed by atoms with Gasteiger partial charge in [-0.3, -0.25) is 0 Å². The third-order valence-corrected chi connectivity index (χ3v) is 2.46. The molecule has 78 valence electrons. The predicted molar refractivity (Wildman–Crippen MR) is 58.1 cm³/mol. The highest BCUT2D eigenvalue weighted by atomic mass is 16.5. The van der Waals surface area contributed by atoms with Crippen molar-refractivity contribution in [2.75, 3.05) is 6.61 Å². The SMILES string of the molecule is CCOc1c(C)cc(O)c(C)c1CC. The van der Waals surface area contributed by atoms with Crippen molar-refractivity contribution in [2.24, 2.45) is 0 Å². The summed E-state index contributed by atoms with van der Waals surface area (Å²) in [5.41, 5.74) is 3.05. The molecule has 0 heterocycles. The van der Waals surface area contributed by atoms with Gasteiger partial charge in [0.05, 0.1) is 6.61 Å². The molecule has 1 N–H and O–H groups in total. The first-order chi connectivity index (χ1) is 6.61. The molecule has 0 aliphatic carbocycles. The van der Waals surface area contributed by atoms with E-state index in [0.717, 1.165) is 28.9 Å². The van der Waals surface area contributed by atoms with Gasteiger partial charge in [-0.25, -0.2) is 0 Å². The van der Waals surface area contributed by atoms with Crippen LogP contribution < -0.4 is 4.74 Å². The van der Waals surface area contributed by atoms with Gasteiger partial charge >= 0.3 is 0 Å². The first-order valence-electron chi connectivity index (χ1n) is 5.06. The van der Waals surface area contributed by atoms with E-state index in [9.17, 15) is 5.11 Å². The Labute approximate surface area is 85.5 Å². The van der Waals surface area contributed by atoms with Gasteiger partial charge in [-0.05, 0) is 44.4 Å². The topological polar surface area (TPSA) is 29.5 Å². The molecular weight excluding hydrogens is 176 g/mol. The van der Waals surface area contributed by atoms with Crippen molar-refractivity contribution in [3.05, 3.63) is 22.8 Å². The van der Waals surface area contributed by atoms with Crippen molar-refractivity contribution < 1.29 is 9.84 Å². The Morgan fingerprint density at radius 3 is 2.43 bits per heavy atom. The van der Waals surface area contributed by atoms with Gasteiger partial charge < -0.3 is 9.84 Å². The summed E-state index contributed by atoms with van der Waals surface area (Å²) in [6.07, 6.45) is 0.885. The van der Waals surface area contributed by atoms with Gasteiger partial charge in [-0.2, -0.15) is 0 Å². The first-order valence-corrected chi connectivity index (χ1v) is 5.06. The molecule has 0 fully saturated rings. The van der Waals surface area contributed by atoms with E-state index < -0.39 is 0 Å². The monoisotopic (exact) mass is 194 g/mol. The van der Waals surface area contributed by atoms with Crippen LogP contribution in [-0.4, -0.2) is 11.7 Å². The number of hydrogen-bond acceptors (Lipinski definition) is 2. The van der Waals surface area contributed by atoms with Gasteiger partial charge in [0.25, 0.3) is 0 Å². The first kappa shape index (κ1) is 10.9. The summed E-state index contributed by atoms with van der Waals surface area (Å²) in [4.78, 5) is 0. The molecule has 1 aromatic rings. The molecule has 0 aliphatic rings. The fourth-order valence-electron chi connectivity index (χ4n) is 1.71. The van der Waals surface area contributed by atoms with Crippen molar-refractivity contribution in [1.29, 1.82) is 0 Å². The van der Waals surface area contributed by atoms with E-state index in [1.807, 2.05) is 20.8 Å². The number of aromatic hydroxyl groups is 1. The van der Waals surface area contributed by atoms with Crippen molar-refractivity contribution in [3.63, 3.8) is 0 Å². The zero-order valence-corrected chi connectivity index (χ0v) is 9.35. The van der Waals surface area contributed by atoms with Crippen molar-refractivity contribution in [1.82, 2.24) is 0 Å². The zero-order chi connectivity index (χ0) is 10.7. The largest absolute Gasteiger partial charge is 0.508 e.